The highest BCUT2D eigenvalue weighted by molar-refractivity contribution is 6.11. The van der Waals surface area contributed by atoms with Gasteiger partial charge in [0.25, 0.3) is 0 Å². The summed E-state index contributed by atoms with van der Waals surface area (Å²) in [5, 5.41) is 7.16. The van der Waals surface area contributed by atoms with Gasteiger partial charge in [0.05, 0.1) is 16.7 Å². The maximum absolute atomic E-state index is 6.61. The Morgan fingerprint density at radius 1 is 0.382 bits per heavy atom. The lowest BCUT2D eigenvalue weighted by molar-refractivity contribution is 0.669. The minimum atomic E-state index is 0.866. The van der Waals surface area contributed by atoms with Crippen LogP contribution in [0.25, 0.3) is 82.5 Å². The van der Waals surface area contributed by atoms with Crippen molar-refractivity contribution in [3.63, 3.8) is 0 Å². The van der Waals surface area contributed by atoms with E-state index in [4.69, 9.17) is 4.42 Å². The molecule has 55 heavy (non-hydrogen) atoms. The number of hydrogen-bond donors (Lipinski definition) is 0. The fourth-order valence-electron chi connectivity index (χ4n) is 8.42. The van der Waals surface area contributed by atoms with Crippen LogP contribution >= 0.6 is 0 Å². The normalized spacial score (nSPS) is 11.6. The van der Waals surface area contributed by atoms with Gasteiger partial charge in [-0.1, -0.05) is 146 Å². The molecule has 0 atom stereocenters. The van der Waals surface area contributed by atoms with E-state index in [0.29, 0.717) is 0 Å². The van der Waals surface area contributed by atoms with Gasteiger partial charge in [0.15, 0.2) is 5.58 Å². The summed E-state index contributed by atoms with van der Waals surface area (Å²) < 4.78 is 9.01. The first-order valence-corrected chi connectivity index (χ1v) is 18.8. The first-order valence-electron chi connectivity index (χ1n) is 18.8. The minimum absolute atomic E-state index is 0.866. The summed E-state index contributed by atoms with van der Waals surface area (Å²) in [7, 11) is 0. The highest BCUT2D eigenvalue weighted by Gasteiger charge is 2.20. The molecular formula is C52H34N2O. The predicted octanol–water partition coefficient (Wildman–Crippen LogP) is 14.6. The molecule has 0 amide bonds. The Hall–Kier alpha value is -7.36. The van der Waals surface area contributed by atoms with Gasteiger partial charge in [-0.05, 0) is 93.7 Å². The standard InChI is InChI=1S/C52H34N2O/c1-2-13-35(14-3-1)36-25-29-39(30-26-36)53(50-23-12-20-46-45-19-8-11-24-51(45)55-52(46)50)40-31-27-37(28-32-40)47-34-41(33-38-15-4-5-16-42(38)47)54-48-21-9-6-17-43(48)44-18-7-10-22-49(44)54/h1-34H. The van der Waals surface area contributed by atoms with Crippen molar-refractivity contribution in [2.75, 3.05) is 4.90 Å². The van der Waals surface area contributed by atoms with Gasteiger partial charge in [-0.15, -0.1) is 0 Å². The number of benzene rings is 9. The third kappa shape index (κ3) is 5.13. The molecule has 2 aromatic heterocycles. The zero-order valence-electron chi connectivity index (χ0n) is 29.9. The third-order valence-corrected chi connectivity index (χ3v) is 11.0. The molecule has 0 spiro atoms. The van der Waals surface area contributed by atoms with Crippen molar-refractivity contribution in [1.29, 1.82) is 0 Å². The Kier molecular flexibility index (Phi) is 7.17. The SMILES string of the molecule is c1ccc(-c2ccc(N(c3ccc(-c4cc(-n5c6ccccc6c6ccccc65)cc5ccccc45)cc3)c3cccc4c3oc3ccccc34)cc2)cc1. The van der Waals surface area contributed by atoms with Crippen LogP contribution in [0.2, 0.25) is 0 Å². The molecular weight excluding hydrogens is 669 g/mol. The molecule has 0 saturated carbocycles. The molecule has 0 aliphatic heterocycles. The molecule has 0 aliphatic rings. The molecule has 9 aromatic carbocycles. The van der Waals surface area contributed by atoms with Gasteiger partial charge in [0.2, 0.25) is 0 Å². The number of anilines is 3. The number of para-hydroxylation sites is 4. The smallest absolute Gasteiger partial charge is 0.159 e. The van der Waals surface area contributed by atoms with Gasteiger partial charge >= 0.3 is 0 Å². The van der Waals surface area contributed by atoms with E-state index >= 15 is 0 Å². The van der Waals surface area contributed by atoms with Crippen molar-refractivity contribution in [3.05, 3.63) is 206 Å². The van der Waals surface area contributed by atoms with Gasteiger partial charge in [-0.25, -0.2) is 0 Å². The molecule has 0 aliphatic carbocycles. The molecule has 2 heterocycles. The molecule has 0 unspecified atom stereocenters. The lowest BCUT2D eigenvalue weighted by Crippen LogP contribution is -2.10. The number of furan rings is 1. The summed E-state index contributed by atoms with van der Waals surface area (Å²) in [4.78, 5) is 2.32. The van der Waals surface area contributed by atoms with Crippen molar-refractivity contribution in [1.82, 2.24) is 4.57 Å². The molecule has 11 rings (SSSR count). The minimum Gasteiger partial charge on any atom is -0.454 e. The monoisotopic (exact) mass is 702 g/mol. The largest absolute Gasteiger partial charge is 0.454 e. The molecule has 3 heteroatoms. The molecule has 258 valence electrons. The van der Waals surface area contributed by atoms with Crippen LogP contribution in [0, 0.1) is 0 Å². The van der Waals surface area contributed by atoms with Crippen LogP contribution in [0.4, 0.5) is 17.1 Å². The average Bonchev–Trinajstić information content (AvgIpc) is 3.81. The number of fused-ring (bicyclic) bond motifs is 7. The number of aromatic nitrogens is 1. The maximum atomic E-state index is 6.61. The van der Waals surface area contributed by atoms with E-state index in [1.54, 1.807) is 0 Å². The van der Waals surface area contributed by atoms with Crippen LogP contribution in [-0.4, -0.2) is 4.57 Å². The Morgan fingerprint density at radius 3 is 1.64 bits per heavy atom. The van der Waals surface area contributed by atoms with E-state index in [2.05, 4.69) is 204 Å². The highest BCUT2D eigenvalue weighted by atomic mass is 16.3. The van der Waals surface area contributed by atoms with E-state index in [-0.39, 0.29) is 0 Å². The first-order chi connectivity index (χ1) is 27.3. The summed E-state index contributed by atoms with van der Waals surface area (Å²) in [6.07, 6.45) is 0. The topological polar surface area (TPSA) is 21.3 Å². The summed E-state index contributed by atoms with van der Waals surface area (Å²) in [6, 6.07) is 73.9. The molecule has 3 nitrogen and oxygen atoms in total. The van der Waals surface area contributed by atoms with Crippen molar-refractivity contribution in [3.8, 4) is 27.9 Å². The zero-order valence-corrected chi connectivity index (χ0v) is 29.9. The fourth-order valence-corrected chi connectivity index (χ4v) is 8.42. The number of rotatable bonds is 6. The number of hydrogen-bond acceptors (Lipinski definition) is 2. The Labute approximate surface area is 318 Å². The zero-order chi connectivity index (χ0) is 36.3. The van der Waals surface area contributed by atoms with Gasteiger partial charge in [0.1, 0.15) is 5.58 Å². The quantitative estimate of drug-likeness (QED) is 0.172. The van der Waals surface area contributed by atoms with Crippen LogP contribution < -0.4 is 4.90 Å². The van der Waals surface area contributed by atoms with Crippen molar-refractivity contribution < 1.29 is 4.42 Å². The van der Waals surface area contributed by atoms with Crippen LogP contribution in [0.5, 0.6) is 0 Å². The Bertz CT molecular complexity index is 3140. The first kappa shape index (κ1) is 31.2. The molecule has 11 aromatic rings. The predicted molar refractivity (Wildman–Crippen MR) is 231 cm³/mol. The summed E-state index contributed by atoms with van der Waals surface area (Å²) in [5.41, 5.74) is 13.1. The summed E-state index contributed by atoms with van der Waals surface area (Å²) in [5.74, 6) is 0. The summed E-state index contributed by atoms with van der Waals surface area (Å²) >= 11 is 0. The molecule has 0 saturated heterocycles. The molecule has 0 radical (unpaired) electrons. The van der Waals surface area contributed by atoms with Crippen LogP contribution in [-0.2, 0) is 0 Å². The lowest BCUT2D eigenvalue weighted by Gasteiger charge is -2.26. The van der Waals surface area contributed by atoms with E-state index in [1.165, 1.54) is 49.3 Å². The van der Waals surface area contributed by atoms with Crippen molar-refractivity contribution in [2.24, 2.45) is 0 Å². The van der Waals surface area contributed by atoms with E-state index in [0.717, 1.165) is 50.3 Å². The Balaban J connectivity index is 1.07. The molecule has 0 N–H and O–H groups in total. The second-order valence-corrected chi connectivity index (χ2v) is 14.1. The fraction of sp³-hybridized carbons (Fsp3) is 0. The van der Waals surface area contributed by atoms with Gasteiger partial charge in [0, 0.05) is 38.6 Å². The van der Waals surface area contributed by atoms with Crippen molar-refractivity contribution >= 4 is 71.6 Å². The molecule has 0 fully saturated rings. The van der Waals surface area contributed by atoms with E-state index in [9.17, 15) is 0 Å². The maximum Gasteiger partial charge on any atom is 0.159 e. The molecule has 0 bridgehead atoms. The third-order valence-electron chi connectivity index (χ3n) is 11.0. The van der Waals surface area contributed by atoms with Crippen molar-refractivity contribution in [2.45, 2.75) is 0 Å². The van der Waals surface area contributed by atoms with Gasteiger partial charge < -0.3 is 13.9 Å². The average molecular weight is 703 g/mol. The van der Waals surface area contributed by atoms with Gasteiger partial charge in [-0.2, -0.15) is 0 Å². The lowest BCUT2D eigenvalue weighted by atomic mass is 9.96. The number of nitrogens with zero attached hydrogens (tertiary/aromatic N) is 2. The van der Waals surface area contributed by atoms with Crippen LogP contribution in [0.3, 0.4) is 0 Å². The second kappa shape index (κ2) is 12.6. The van der Waals surface area contributed by atoms with Crippen LogP contribution in [0.15, 0.2) is 211 Å². The Morgan fingerprint density at radius 2 is 0.927 bits per heavy atom. The second-order valence-electron chi connectivity index (χ2n) is 14.1. The highest BCUT2D eigenvalue weighted by Crippen LogP contribution is 2.44. The summed E-state index contributed by atoms with van der Waals surface area (Å²) in [6.45, 7) is 0. The van der Waals surface area contributed by atoms with E-state index in [1.807, 2.05) is 12.1 Å². The van der Waals surface area contributed by atoms with Gasteiger partial charge in [-0.3, -0.25) is 0 Å². The van der Waals surface area contributed by atoms with Crippen LogP contribution in [0.1, 0.15) is 0 Å². The van der Waals surface area contributed by atoms with E-state index < -0.39 is 0 Å².